The molecular formula is C20H24F2N3O7P. The van der Waals surface area contributed by atoms with E-state index in [-0.39, 0.29) is 30.2 Å². The number of ether oxygens (including phenoxy) is 1. The van der Waals surface area contributed by atoms with Gasteiger partial charge in [0.05, 0.1) is 19.3 Å². The van der Waals surface area contributed by atoms with Crippen LogP contribution in [0.25, 0.3) is 0 Å². The number of hydrogen-bond acceptors (Lipinski definition) is 10. The van der Waals surface area contributed by atoms with Crippen LogP contribution in [-0.2, 0) is 22.9 Å². The first kappa shape index (κ1) is 24.0. The van der Waals surface area contributed by atoms with Gasteiger partial charge < -0.3 is 25.6 Å². The van der Waals surface area contributed by atoms with E-state index in [1.54, 1.807) is 0 Å². The highest BCUT2D eigenvalue weighted by atomic mass is 31.2. The van der Waals surface area contributed by atoms with Crippen molar-refractivity contribution in [2.45, 2.75) is 43.5 Å². The first-order chi connectivity index (χ1) is 15.5. The molecule has 4 rings (SSSR count). The Kier molecular flexibility index (Phi) is 6.45. The summed E-state index contributed by atoms with van der Waals surface area (Å²) >= 11 is 0. The highest BCUT2D eigenvalue weighted by Gasteiger charge is 2.55. The quantitative estimate of drug-likeness (QED) is 0.533. The lowest BCUT2D eigenvalue weighted by atomic mass is 9.96. The zero-order valence-corrected chi connectivity index (χ0v) is 18.5. The third-order valence-electron chi connectivity index (χ3n) is 5.51. The number of hydrogen-bond donors (Lipinski definition) is 3. The summed E-state index contributed by atoms with van der Waals surface area (Å²) in [7, 11) is -4.16. The predicted molar refractivity (Wildman–Crippen MR) is 111 cm³/mol. The molecule has 2 fully saturated rings. The largest absolute Gasteiger partial charge is 0.475 e. The molecule has 0 spiro atoms. The van der Waals surface area contributed by atoms with Gasteiger partial charge in [-0.05, 0) is 30.7 Å². The molecule has 3 heterocycles. The van der Waals surface area contributed by atoms with Crippen LogP contribution in [0.4, 0.5) is 8.78 Å². The van der Waals surface area contributed by atoms with Crippen molar-refractivity contribution in [1.82, 2.24) is 4.90 Å². The number of phosphoric acid groups is 1. The number of benzene rings is 1. The van der Waals surface area contributed by atoms with E-state index in [0.29, 0.717) is 6.07 Å². The summed E-state index contributed by atoms with van der Waals surface area (Å²) in [5.74, 6) is -1.20. The molecule has 13 heteroatoms. The lowest BCUT2D eigenvalue weighted by molar-refractivity contribution is -0.111. The van der Waals surface area contributed by atoms with Gasteiger partial charge in [-0.2, -0.15) is 0 Å². The molecule has 3 aliphatic heterocycles. The number of amidine groups is 1. The monoisotopic (exact) mass is 487 g/mol. The van der Waals surface area contributed by atoms with Gasteiger partial charge in [0.15, 0.2) is 6.23 Å². The molecule has 4 N–H and O–H groups in total. The molecule has 3 aliphatic rings. The van der Waals surface area contributed by atoms with Crippen LogP contribution in [-0.4, -0.2) is 58.2 Å². The average Bonchev–Trinajstić information content (AvgIpc) is 2.95. The van der Waals surface area contributed by atoms with Crippen LogP contribution in [0.15, 0.2) is 47.9 Å². The Balaban J connectivity index is 1.43. The first-order valence-electron chi connectivity index (χ1n) is 10.1. The van der Waals surface area contributed by atoms with E-state index in [4.69, 9.17) is 24.0 Å². The second kappa shape index (κ2) is 8.88. The fraction of sp³-hybridized carbons (Fsp3) is 0.450. The molecule has 0 aliphatic carbocycles. The molecule has 0 saturated carbocycles. The SMILES string of the molecule is C=C1N=C(N)C=CN1[C@@H]1O[C@H](COP2(=O)OCCC(c3cc(F)cc(F)c3)O2)[C@@H](O)[C@@]1(C)O. The van der Waals surface area contributed by atoms with E-state index >= 15 is 0 Å². The van der Waals surface area contributed by atoms with Crippen molar-refractivity contribution in [3.63, 3.8) is 0 Å². The Morgan fingerprint density at radius 2 is 2.09 bits per heavy atom. The van der Waals surface area contributed by atoms with Crippen molar-refractivity contribution < 1.29 is 41.9 Å². The van der Waals surface area contributed by atoms with Gasteiger partial charge in [-0.15, -0.1) is 0 Å². The Morgan fingerprint density at radius 1 is 1.39 bits per heavy atom. The highest BCUT2D eigenvalue weighted by Crippen LogP contribution is 2.57. The number of aliphatic hydroxyl groups is 2. The van der Waals surface area contributed by atoms with Gasteiger partial charge in [-0.3, -0.25) is 13.6 Å². The molecule has 2 saturated heterocycles. The van der Waals surface area contributed by atoms with E-state index in [9.17, 15) is 23.6 Å². The minimum absolute atomic E-state index is 0.0493. The van der Waals surface area contributed by atoms with E-state index in [2.05, 4.69) is 11.6 Å². The summed E-state index contributed by atoms with van der Waals surface area (Å²) in [6.45, 7) is 4.59. The Bertz CT molecular complexity index is 1030. The van der Waals surface area contributed by atoms with Crippen LogP contribution < -0.4 is 5.73 Å². The van der Waals surface area contributed by atoms with Gasteiger partial charge in [0, 0.05) is 18.7 Å². The molecule has 0 aromatic heterocycles. The van der Waals surface area contributed by atoms with Crippen molar-refractivity contribution in [2.75, 3.05) is 13.2 Å². The molecule has 33 heavy (non-hydrogen) atoms. The zero-order chi connectivity index (χ0) is 24.0. The van der Waals surface area contributed by atoms with Gasteiger partial charge >= 0.3 is 7.82 Å². The van der Waals surface area contributed by atoms with Crippen molar-refractivity contribution in [2.24, 2.45) is 10.7 Å². The van der Waals surface area contributed by atoms with Crippen molar-refractivity contribution >= 4 is 13.7 Å². The zero-order valence-electron chi connectivity index (χ0n) is 17.6. The first-order valence-corrected chi connectivity index (χ1v) is 11.5. The average molecular weight is 487 g/mol. The van der Waals surface area contributed by atoms with E-state index < -0.39 is 56.2 Å². The number of aliphatic hydroxyl groups excluding tert-OH is 1. The van der Waals surface area contributed by atoms with Crippen LogP contribution in [0, 0.1) is 11.6 Å². The fourth-order valence-corrected chi connectivity index (χ4v) is 5.20. The Hall–Kier alpha value is -2.18. The molecule has 0 bridgehead atoms. The summed E-state index contributed by atoms with van der Waals surface area (Å²) in [6, 6.07) is 2.86. The molecule has 0 radical (unpaired) electrons. The molecule has 1 aromatic carbocycles. The van der Waals surface area contributed by atoms with Gasteiger partial charge in [-0.1, -0.05) is 6.58 Å². The van der Waals surface area contributed by atoms with E-state index in [1.807, 2.05) is 0 Å². The maximum absolute atomic E-state index is 13.6. The molecule has 2 unspecified atom stereocenters. The van der Waals surface area contributed by atoms with Crippen LogP contribution >= 0.6 is 7.82 Å². The number of nitrogens with zero attached hydrogens (tertiary/aromatic N) is 2. The predicted octanol–water partition coefficient (Wildman–Crippen LogP) is 2.06. The molecular weight excluding hydrogens is 463 g/mol. The normalized spacial score (nSPS) is 36.8. The number of halogens is 2. The molecule has 6 atom stereocenters. The van der Waals surface area contributed by atoms with Crippen LogP contribution in [0.3, 0.4) is 0 Å². The lowest BCUT2D eigenvalue weighted by Crippen LogP contribution is -2.51. The number of phosphoric ester groups is 1. The maximum atomic E-state index is 13.6. The van der Waals surface area contributed by atoms with Crippen LogP contribution in [0.5, 0.6) is 0 Å². The minimum atomic E-state index is -4.16. The Labute approximate surface area is 188 Å². The van der Waals surface area contributed by atoms with E-state index in [1.165, 1.54) is 24.1 Å². The second-order valence-electron chi connectivity index (χ2n) is 8.04. The molecule has 1 aromatic rings. The van der Waals surface area contributed by atoms with Crippen molar-refractivity contribution in [3.8, 4) is 0 Å². The number of aliphatic imine (C=N–C) groups is 1. The third kappa shape index (κ3) is 4.87. The van der Waals surface area contributed by atoms with Crippen LogP contribution in [0.1, 0.15) is 25.0 Å². The van der Waals surface area contributed by atoms with Gasteiger partial charge in [0.1, 0.15) is 41.1 Å². The summed E-state index contributed by atoms with van der Waals surface area (Å²) in [5, 5.41) is 21.5. The topological polar surface area (TPSA) is 136 Å². The molecule has 180 valence electrons. The van der Waals surface area contributed by atoms with Gasteiger partial charge in [-0.25, -0.2) is 18.3 Å². The highest BCUT2D eigenvalue weighted by molar-refractivity contribution is 7.48. The Morgan fingerprint density at radius 3 is 2.76 bits per heavy atom. The summed E-state index contributed by atoms with van der Waals surface area (Å²) in [6.07, 6.45) is -1.43. The van der Waals surface area contributed by atoms with E-state index in [0.717, 1.165) is 12.1 Å². The van der Waals surface area contributed by atoms with Crippen LogP contribution in [0.2, 0.25) is 0 Å². The van der Waals surface area contributed by atoms with Crippen molar-refractivity contribution in [1.29, 1.82) is 0 Å². The third-order valence-corrected chi connectivity index (χ3v) is 6.99. The lowest BCUT2D eigenvalue weighted by Gasteiger charge is -2.35. The van der Waals surface area contributed by atoms with Crippen molar-refractivity contribution in [3.05, 3.63) is 60.1 Å². The molecule has 10 nitrogen and oxygen atoms in total. The second-order valence-corrected chi connectivity index (χ2v) is 9.66. The fourth-order valence-electron chi connectivity index (χ4n) is 3.81. The number of nitrogens with two attached hydrogens (primary N) is 1. The minimum Gasteiger partial charge on any atom is -0.387 e. The summed E-state index contributed by atoms with van der Waals surface area (Å²) in [5.41, 5.74) is 3.99. The van der Waals surface area contributed by atoms with Gasteiger partial charge in [0.25, 0.3) is 0 Å². The van der Waals surface area contributed by atoms with Gasteiger partial charge in [0.2, 0.25) is 0 Å². The standard InChI is InChI=1S/C20H24F2N3O7P/c1-11-24-17(23)3-5-25(11)19-20(2,27)18(26)16(31-19)10-30-33(28)29-6-4-15(32-33)12-7-13(21)9-14(22)8-12/h3,5,7-9,15-16,18-19,26-27H,1,4,6,10H2,2H3,(H2,23,24)/t15?,16-,18-,19-,20-,33?/m1/s1. The number of rotatable bonds is 5. The summed E-state index contributed by atoms with van der Waals surface area (Å²) in [4.78, 5) is 5.39. The summed E-state index contributed by atoms with van der Waals surface area (Å²) < 4.78 is 61.7. The molecule has 0 amide bonds. The smallest absolute Gasteiger partial charge is 0.387 e. The maximum Gasteiger partial charge on any atom is 0.475 e.